The van der Waals surface area contributed by atoms with Gasteiger partial charge in [0.15, 0.2) is 0 Å². The van der Waals surface area contributed by atoms with Crippen molar-refractivity contribution in [2.45, 2.75) is 0 Å². The summed E-state index contributed by atoms with van der Waals surface area (Å²) >= 11 is 0. The number of nitro groups is 1. The zero-order valence-electron chi connectivity index (χ0n) is 6.65. The summed E-state index contributed by atoms with van der Waals surface area (Å²) in [5, 5.41) is 10.2. The first-order chi connectivity index (χ1) is 6.06. The summed E-state index contributed by atoms with van der Waals surface area (Å²) in [6.45, 7) is 0. The van der Waals surface area contributed by atoms with Crippen molar-refractivity contribution in [3.63, 3.8) is 0 Å². The smallest absolute Gasteiger partial charge is 0.326 e. The fraction of sp³-hybridized carbons (Fsp3) is 0.167. The minimum absolute atomic E-state index is 0.0735. The number of ether oxygens (including phenoxy) is 1. The average molecular weight is 187 g/mol. The van der Waals surface area contributed by atoms with Gasteiger partial charge < -0.3 is 10.5 Å². The monoisotopic (exact) mass is 187 g/mol. The van der Waals surface area contributed by atoms with Crippen molar-refractivity contribution >= 4 is 11.4 Å². The number of nitrogen functional groups attached to an aromatic ring is 1. The minimum atomic E-state index is -1.21. The highest BCUT2D eigenvalue weighted by molar-refractivity contribution is 5.53. The van der Waals surface area contributed by atoms with Gasteiger partial charge in [0.05, 0.1) is 12.0 Å². The number of anilines is 1. The number of nitrogens with two attached hydrogens (primary N) is 1. The number of rotatable bonds is 2. The molecule has 13 heavy (non-hydrogen) atoms. The number of pyridine rings is 1. The molecule has 0 aliphatic heterocycles. The number of methoxy groups -OCH3 is 1. The highest BCUT2D eigenvalue weighted by Crippen LogP contribution is 2.25. The van der Waals surface area contributed by atoms with Crippen LogP contribution in [-0.4, -0.2) is 17.0 Å². The SMILES string of the molecule is COc1nc(F)c([N+](=O)[O-])cc1N. The van der Waals surface area contributed by atoms with Crippen LogP contribution in [0.15, 0.2) is 6.07 Å². The molecule has 0 fully saturated rings. The summed E-state index contributed by atoms with van der Waals surface area (Å²) < 4.78 is 17.3. The first-order valence-electron chi connectivity index (χ1n) is 3.20. The lowest BCUT2D eigenvalue weighted by atomic mass is 10.3. The van der Waals surface area contributed by atoms with Crippen molar-refractivity contribution in [3.8, 4) is 5.88 Å². The Morgan fingerprint density at radius 3 is 2.85 bits per heavy atom. The zero-order chi connectivity index (χ0) is 10.0. The molecule has 7 heteroatoms. The first-order valence-corrected chi connectivity index (χ1v) is 3.20. The van der Waals surface area contributed by atoms with Crippen LogP contribution in [0, 0.1) is 16.1 Å². The van der Waals surface area contributed by atoms with E-state index in [0.717, 1.165) is 6.07 Å². The van der Waals surface area contributed by atoms with E-state index in [2.05, 4.69) is 9.72 Å². The summed E-state index contributed by atoms with van der Waals surface area (Å²) in [6.07, 6.45) is 0. The summed E-state index contributed by atoms with van der Waals surface area (Å²) in [5.74, 6) is -1.38. The lowest BCUT2D eigenvalue weighted by Gasteiger charge is -2.02. The molecule has 6 nitrogen and oxygen atoms in total. The molecule has 2 N–H and O–H groups in total. The molecule has 0 amide bonds. The average Bonchev–Trinajstić information content (AvgIpc) is 2.07. The van der Waals surface area contributed by atoms with E-state index in [0.29, 0.717) is 0 Å². The normalized spacial score (nSPS) is 9.69. The third-order valence-electron chi connectivity index (χ3n) is 1.34. The molecule has 1 aromatic heterocycles. The quantitative estimate of drug-likeness (QED) is 0.418. The van der Waals surface area contributed by atoms with Crippen LogP contribution in [0.1, 0.15) is 0 Å². The van der Waals surface area contributed by atoms with Crippen molar-refractivity contribution in [1.29, 1.82) is 0 Å². The highest BCUT2D eigenvalue weighted by Gasteiger charge is 2.18. The van der Waals surface area contributed by atoms with Crippen LogP contribution >= 0.6 is 0 Å². The van der Waals surface area contributed by atoms with Crippen molar-refractivity contribution < 1.29 is 14.1 Å². The summed E-state index contributed by atoms with van der Waals surface area (Å²) in [6, 6.07) is 0.862. The van der Waals surface area contributed by atoms with E-state index in [1.54, 1.807) is 0 Å². The number of halogens is 1. The molecule has 0 radical (unpaired) electrons. The van der Waals surface area contributed by atoms with Crippen LogP contribution in [0.5, 0.6) is 5.88 Å². The van der Waals surface area contributed by atoms with Crippen LogP contribution < -0.4 is 10.5 Å². The van der Waals surface area contributed by atoms with Crippen LogP contribution in [0.25, 0.3) is 0 Å². The fourth-order valence-electron chi connectivity index (χ4n) is 0.771. The first kappa shape index (κ1) is 9.17. The van der Waals surface area contributed by atoms with E-state index >= 15 is 0 Å². The third kappa shape index (κ3) is 1.63. The van der Waals surface area contributed by atoms with Gasteiger partial charge in [0.2, 0.25) is 5.88 Å². The summed E-state index contributed by atoms with van der Waals surface area (Å²) in [4.78, 5) is 12.5. The molecule has 0 saturated heterocycles. The van der Waals surface area contributed by atoms with Gasteiger partial charge in [-0.15, -0.1) is 0 Å². The Morgan fingerprint density at radius 1 is 1.77 bits per heavy atom. The van der Waals surface area contributed by atoms with Gasteiger partial charge in [0.25, 0.3) is 5.95 Å². The van der Waals surface area contributed by atoms with Gasteiger partial charge in [0.1, 0.15) is 5.69 Å². The van der Waals surface area contributed by atoms with Gasteiger partial charge in [-0.1, -0.05) is 0 Å². The van der Waals surface area contributed by atoms with Crippen molar-refractivity contribution in [2.75, 3.05) is 12.8 Å². The van der Waals surface area contributed by atoms with Gasteiger partial charge in [-0.05, 0) is 0 Å². The van der Waals surface area contributed by atoms with Gasteiger partial charge in [0, 0.05) is 6.07 Å². The Hall–Kier alpha value is -1.92. The van der Waals surface area contributed by atoms with Crippen molar-refractivity contribution in [1.82, 2.24) is 4.98 Å². The maximum absolute atomic E-state index is 12.8. The van der Waals surface area contributed by atoms with Crippen LogP contribution in [0.2, 0.25) is 0 Å². The Labute approximate surface area is 72.3 Å². The zero-order valence-corrected chi connectivity index (χ0v) is 6.65. The standard InChI is InChI=1S/C6H6FN3O3/c1-13-6-3(8)2-4(10(11)12)5(7)9-6/h2H,8H2,1H3. The molecular formula is C6H6FN3O3. The number of aromatic nitrogens is 1. The maximum Gasteiger partial charge on any atom is 0.326 e. The number of hydrogen-bond acceptors (Lipinski definition) is 5. The van der Waals surface area contributed by atoms with E-state index in [-0.39, 0.29) is 11.6 Å². The molecule has 70 valence electrons. The molecule has 0 aliphatic rings. The predicted molar refractivity (Wildman–Crippen MR) is 41.8 cm³/mol. The van der Waals surface area contributed by atoms with Gasteiger partial charge >= 0.3 is 5.69 Å². The largest absolute Gasteiger partial charge is 0.479 e. The Balaban J connectivity index is 3.28. The number of nitrogens with zero attached hydrogens (tertiary/aromatic N) is 2. The van der Waals surface area contributed by atoms with E-state index in [4.69, 9.17) is 5.73 Å². The second kappa shape index (κ2) is 3.21. The van der Waals surface area contributed by atoms with Gasteiger partial charge in [-0.25, -0.2) is 0 Å². The van der Waals surface area contributed by atoms with Crippen molar-refractivity contribution in [3.05, 3.63) is 22.1 Å². The van der Waals surface area contributed by atoms with E-state index in [1.807, 2.05) is 0 Å². The minimum Gasteiger partial charge on any atom is -0.479 e. The Bertz CT molecular complexity index is 355. The molecule has 0 unspecified atom stereocenters. The Kier molecular flexibility index (Phi) is 2.27. The molecule has 0 aliphatic carbocycles. The van der Waals surface area contributed by atoms with Crippen molar-refractivity contribution in [2.24, 2.45) is 0 Å². The van der Waals surface area contributed by atoms with Gasteiger partial charge in [-0.2, -0.15) is 9.37 Å². The van der Waals surface area contributed by atoms with E-state index in [9.17, 15) is 14.5 Å². The van der Waals surface area contributed by atoms with Gasteiger partial charge in [-0.3, -0.25) is 10.1 Å². The molecule has 0 aromatic carbocycles. The molecule has 0 saturated carbocycles. The fourth-order valence-corrected chi connectivity index (χ4v) is 0.771. The molecule has 1 rings (SSSR count). The topological polar surface area (TPSA) is 91.3 Å². The van der Waals surface area contributed by atoms with Crippen LogP contribution in [0.4, 0.5) is 15.8 Å². The maximum atomic E-state index is 12.8. The summed E-state index contributed by atoms with van der Waals surface area (Å²) in [7, 11) is 1.24. The molecule has 1 heterocycles. The lowest BCUT2D eigenvalue weighted by Crippen LogP contribution is -2.01. The predicted octanol–water partition coefficient (Wildman–Crippen LogP) is 0.720. The lowest BCUT2D eigenvalue weighted by molar-refractivity contribution is -0.388. The molecule has 0 spiro atoms. The van der Waals surface area contributed by atoms with Crippen LogP contribution in [0.3, 0.4) is 0 Å². The second-order valence-corrected chi connectivity index (χ2v) is 2.15. The van der Waals surface area contributed by atoms with E-state index in [1.165, 1.54) is 7.11 Å². The highest BCUT2D eigenvalue weighted by atomic mass is 19.1. The van der Waals surface area contributed by atoms with Crippen LogP contribution in [-0.2, 0) is 0 Å². The third-order valence-corrected chi connectivity index (χ3v) is 1.34. The Morgan fingerprint density at radius 2 is 2.38 bits per heavy atom. The summed E-state index contributed by atoms with van der Waals surface area (Å²) in [5.41, 5.74) is 4.44. The molecule has 0 atom stereocenters. The van der Waals surface area contributed by atoms with E-state index < -0.39 is 16.6 Å². The molecule has 1 aromatic rings. The molecule has 0 bridgehead atoms. The molecular weight excluding hydrogens is 181 g/mol. The second-order valence-electron chi connectivity index (χ2n) is 2.15. The number of hydrogen-bond donors (Lipinski definition) is 1.